The quantitative estimate of drug-likeness (QED) is 0.639. The van der Waals surface area contributed by atoms with Gasteiger partial charge in [0, 0.05) is 17.3 Å². The van der Waals surface area contributed by atoms with Crippen molar-refractivity contribution in [2.24, 2.45) is 11.8 Å². The molecule has 1 spiro atoms. The SMILES string of the molecule is C[C@H]1N[C@]2(C(=O)N(Cc3ccccc3)c3ccccc32)[C@@H]2C(=O)N(c3ccccc3)C(=O)[C@@H]21. The van der Waals surface area contributed by atoms with Gasteiger partial charge in [0.15, 0.2) is 0 Å². The van der Waals surface area contributed by atoms with Gasteiger partial charge in [-0.15, -0.1) is 0 Å². The molecular formula is C27H23N3O3. The minimum absolute atomic E-state index is 0.178. The molecule has 3 aromatic rings. The van der Waals surface area contributed by atoms with Crippen molar-refractivity contribution in [1.82, 2.24) is 5.32 Å². The average Bonchev–Trinajstić information content (AvgIpc) is 3.39. The molecule has 164 valence electrons. The van der Waals surface area contributed by atoms with Gasteiger partial charge in [0.2, 0.25) is 11.8 Å². The van der Waals surface area contributed by atoms with Crippen molar-refractivity contribution in [3.63, 3.8) is 0 Å². The third kappa shape index (κ3) is 2.61. The van der Waals surface area contributed by atoms with E-state index in [0.717, 1.165) is 16.8 Å². The van der Waals surface area contributed by atoms with Crippen molar-refractivity contribution in [1.29, 1.82) is 0 Å². The molecule has 2 fully saturated rings. The highest BCUT2D eigenvalue weighted by Crippen LogP contribution is 2.55. The molecule has 0 aliphatic carbocycles. The zero-order valence-corrected chi connectivity index (χ0v) is 18.1. The zero-order valence-electron chi connectivity index (χ0n) is 18.1. The number of hydrogen-bond acceptors (Lipinski definition) is 4. The van der Waals surface area contributed by atoms with Crippen molar-refractivity contribution >= 4 is 29.1 Å². The first kappa shape index (κ1) is 19.9. The van der Waals surface area contributed by atoms with Crippen molar-refractivity contribution in [2.75, 3.05) is 9.80 Å². The number of hydrogen-bond donors (Lipinski definition) is 1. The topological polar surface area (TPSA) is 69.7 Å². The predicted molar refractivity (Wildman–Crippen MR) is 124 cm³/mol. The van der Waals surface area contributed by atoms with Gasteiger partial charge in [0.25, 0.3) is 5.91 Å². The Labute approximate surface area is 191 Å². The molecular weight excluding hydrogens is 414 g/mol. The van der Waals surface area contributed by atoms with E-state index in [0.29, 0.717) is 12.2 Å². The van der Waals surface area contributed by atoms with Crippen LogP contribution in [0.15, 0.2) is 84.9 Å². The molecule has 2 saturated heterocycles. The van der Waals surface area contributed by atoms with Gasteiger partial charge in [-0.25, -0.2) is 4.90 Å². The molecule has 6 rings (SSSR count). The summed E-state index contributed by atoms with van der Waals surface area (Å²) in [5.74, 6) is -2.15. The molecule has 0 radical (unpaired) electrons. The largest absolute Gasteiger partial charge is 0.306 e. The molecule has 6 nitrogen and oxygen atoms in total. The second kappa shape index (κ2) is 7.12. The molecule has 4 atom stereocenters. The highest BCUT2D eigenvalue weighted by Gasteiger charge is 2.71. The van der Waals surface area contributed by atoms with Crippen LogP contribution in [0, 0.1) is 11.8 Å². The van der Waals surface area contributed by atoms with Gasteiger partial charge >= 0.3 is 0 Å². The number of nitrogens with zero attached hydrogens (tertiary/aromatic N) is 2. The summed E-state index contributed by atoms with van der Waals surface area (Å²) in [4.78, 5) is 44.5. The molecule has 3 aliphatic heterocycles. The third-order valence-electron chi connectivity index (χ3n) is 7.21. The highest BCUT2D eigenvalue weighted by molar-refractivity contribution is 6.26. The summed E-state index contributed by atoms with van der Waals surface area (Å²) >= 11 is 0. The maximum absolute atomic E-state index is 14.2. The van der Waals surface area contributed by atoms with Crippen molar-refractivity contribution in [3.8, 4) is 0 Å². The van der Waals surface area contributed by atoms with E-state index in [1.165, 1.54) is 4.90 Å². The number of para-hydroxylation sites is 2. The van der Waals surface area contributed by atoms with Gasteiger partial charge in [0.1, 0.15) is 5.54 Å². The Bertz CT molecular complexity index is 1280. The molecule has 3 heterocycles. The zero-order chi connectivity index (χ0) is 22.7. The lowest BCUT2D eigenvalue weighted by molar-refractivity contribution is -0.132. The lowest BCUT2D eigenvalue weighted by atomic mass is 9.76. The third-order valence-corrected chi connectivity index (χ3v) is 7.21. The molecule has 3 aromatic carbocycles. The maximum Gasteiger partial charge on any atom is 0.253 e. The average molecular weight is 437 g/mol. The van der Waals surface area contributed by atoms with E-state index in [9.17, 15) is 14.4 Å². The molecule has 0 aromatic heterocycles. The summed E-state index contributed by atoms with van der Waals surface area (Å²) in [7, 11) is 0. The molecule has 1 N–H and O–H groups in total. The minimum atomic E-state index is -1.26. The summed E-state index contributed by atoms with van der Waals surface area (Å²) in [5.41, 5.74) is 1.83. The molecule has 0 unspecified atom stereocenters. The van der Waals surface area contributed by atoms with Crippen LogP contribution in [0.4, 0.5) is 11.4 Å². The number of benzene rings is 3. The monoisotopic (exact) mass is 437 g/mol. The highest BCUT2D eigenvalue weighted by atomic mass is 16.2. The lowest BCUT2D eigenvalue weighted by Gasteiger charge is -2.30. The van der Waals surface area contributed by atoms with E-state index >= 15 is 0 Å². The van der Waals surface area contributed by atoms with Crippen LogP contribution in [-0.4, -0.2) is 23.8 Å². The van der Waals surface area contributed by atoms with Crippen LogP contribution >= 0.6 is 0 Å². The Balaban J connectivity index is 1.48. The fourth-order valence-electron chi connectivity index (χ4n) is 5.86. The molecule has 33 heavy (non-hydrogen) atoms. The van der Waals surface area contributed by atoms with Crippen LogP contribution in [0.2, 0.25) is 0 Å². The first-order valence-electron chi connectivity index (χ1n) is 11.2. The second-order valence-corrected chi connectivity index (χ2v) is 8.99. The predicted octanol–water partition coefficient (Wildman–Crippen LogP) is 3.23. The van der Waals surface area contributed by atoms with E-state index in [1.54, 1.807) is 29.2 Å². The molecule has 0 saturated carbocycles. The van der Waals surface area contributed by atoms with E-state index < -0.39 is 17.4 Å². The summed E-state index contributed by atoms with van der Waals surface area (Å²) in [5, 5.41) is 3.43. The van der Waals surface area contributed by atoms with Crippen LogP contribution in [-0.2, 0) is 26.5 Å². The van der Waals surface area contributed by atoms with Gasteiger partial charge < -0.3 is 4.90 Å². The molecule has 6 heteroatoms. The van der Waals surface area contributed by atoms with Crippen molar-refractivity contribution in [3.05, 3.63) is 96.1 Å². The van der Waals surface area contributed by atoms with Gasteiger partial charge in [0.05, 0.1) is 24.1 Å². The number of nitrogens with one attached hydrogen (secondary N) is 1. The minimum Gasteiger partial charge on any atom is -0.306 e. The first-order chi connectivity index (χ1) is 16.0. The number of carbonyl (C=O) groups excluding carboxylic acids is 3. The molecule has 3 amide bonds. The fraction of sp³-hybridized carbons (Fsp3) is 0.222. The summed E-state index contributed by atoms with van der Waals surface area (Å²) < 4.78 is 0. The molecule has 0 bridgehead atoms. The molecule has 3 aliphatic rings. The second-order valence-electron chi connectivity index (χ2n) is 8.99. The smallest absolute Gasteiger partial charge is 0.253 e. The maximum atomic E-state index is 14.2. The van der Waals surface area contributed by atoms with Crippen molar-refractivity contribution in [2.45, 2.75) is 25.0 Å². The van der Waals surface area contributed by atoms with Gasteiger partial charge in [-0.3, -0.25) is 19.7 Å². The summed E-state index contributed by atoms with van der Waals surface area (Å²) in [6.07, 6.45) is 0. The Morgan fingerprint density at radius 2 is 1.45 bits per heavy atom. The number of rotatable bonds is 3. The van der Waals surface area contributed by atoms with Crippen LogP contribution < -0.4 is 15.1 Å². The van der Waals surface area contributed by atoms with Gasteiger partial charge in [-0.05, 0) is 30.7 Å². The normalized spacial score (nSPS) is 28.0. The standard InChI is InChI=1S/C27H23N3O3/c1-17-22-23(25(32)30(24(22)31)19-12-6-3-7-13-19)27(28-17)20-14-8-9-15-21(20)29(26(27)33)16-18-10-4-2-5-11-18/h2-15,17,22-23,28H,16H2,1H3/t17-,22-,23+,27+/m1/s1. The Hall–Kier alpha value is -3.77. The number of fused-ring (bicyclic) bond motifs is 4. The van der Waals surface area contributed by atoms with Gasteiger partial charge in [-0.2, -0.15) is 0 Å². The Kier molecular flexibility index (Phi) is 4.29. The van der Waals surface area contributed by atoms with Crippen LogP contribution in [0.5, 0.6) is 0 Å². The number of carbonyl (C=O) groups is 3. The fourth-order valence-corrected chi connectivity index (χ4v) is 5.86. The van der Waals surface area contributed by atoms with E-state index in [1.807, 2.05) is 67.6 Å². The number of anilines is 2. The summed E-state index contributed by atoms with van der Waals surface area (Å²) in [6.45, 7) is 2.29. The van der Waals surface area contributed by atoms with E-state index in [-0.39, 0.29) is 23.8 Å². The van der Waals surface area contributed by atoms with Gasteiger partial charge in [-0.1, -0.05) is 66.7 Å². The Morgan fingerprint density at radius 3 is 2.18 bits per heavy atom. The number of amides is 3. The number of imide groups is 1. The Morgan fingerprint density at radius 1 is 0.818 bits per heavy atom. The van der Waals surface area contributed by atoms with E-state index in [4.69, 9.17) is 0 Å². The lowest BCUT2D eigenvalue weighted by Crippen LogP contribution is -2.54. The van der Waals surface area contributed by atoms with Crippen molar-refractivity contribution < 1.29 is 14.4 Å². The first-order valence-corrected chi connectivity index (χ1v) is 11.2. The van der Waals surface area contributed by atoms with Crippen LogP contribution in [0.25, 0.3) is 0 Å². The van der Waals surface area contributed by atoms with Crippen LogP contribution in [0.1, 0.15) is 18.1 Å². The van der Waals surface area contributed by atoms with Crippen LogP contribution in [0.3, 0.4) is 0 Å². The van der Waals surface area contributed by atoms with E-state index in [2.05, 4.69) is 5.32 Å². The summed E-state index contributed by atoms with van der Waals surface area (Å²) in [6, 6.07) is 26.0.